The van der Waals surface area contributed by atoms with Crippen LogP contribution in [0, 0.1) is 5.92 Å². The van der Waals surface area contributed by atoms with Gasteiger partial charge < -0.3 is 9.69 Å². The first-order valence-corrected chi connectivity index (χ1v) is 4.94. The van der Waals surface area contributed by atoms with E-state index >= 15 is 0 Å². The highest BCUT2D eigenvalue weighted by atomic mass is 16.1. The fourth-order valence-corrected chi connectivity index (χ4v) is 1.91. The lowest BCUT2D eigenvalue weighted by molar-refractivity contribution is -0.118. The van der Waals surface area contributed by atoms with Crippen molar-refractivity contribution in [2.24, 2.45) is 5.92 Å². The average Bonchev–Trinajstić information content (AvgIpc) is 2.05. The first kappa shape index (κ1) is 9.72. The molecule has 0 aliphatic carbocycles. The van der Waals surface area contributed by atoms with Gasteiger partial charge in [-0.3, -0.25) is 0 Å². The molecular weight excluding hydrogens is 150 g/mol. The van der Waals surface area contributed by atoms with Crippen molar-refractivity contribution < 1.29 is 4.79 Å². The largest absolute Gasteiger partial charge is 0.304 e. The predicted molar refractivity (Wildman–Crippen MR) is 50.1 cm³/mol. The molecule has 0 aromatic heterocycles. The molecule has 0 unspecified atom stereocenters. The summed E-state index contributed by atoms with van der Waals surface area (Å²) in [5.74, 6) is 1.02. The van der Waals surface area contributed by atoms with Crippen molar-refractivity contribution in [2.45, 2.75) is 33.1 Å². The van der Waals surface area contributed by atoms with E-state index in [-0.39, 0.29) is 0 Å². The van der Waals surface area contributed by atoms with Gasteiger partial charge in [0.25, 0.3) is 0 Å². The minimum absolute atomic E-state index is 0.352. The smallest absolute Gasteiger partial charge is 0.130 e. The maximum atomic E-state index is 10.8. The van der Waals surface area contributed by atoms with Gasteiger partial charge in [0.05, 0.1) is 0 Å². The van der Waals surface area contributed by atoms with Crippen LogP contribution in [0.15, 0.2) is 0 Å². The van der Waals surface area contributed by atoms with Crippen molar-refractivity contribution in [3.63, 3.8) is 0 Å². The van der Waals surface area contributed by atoms with Gasteiger partial charge in [-0.05, 0) is 45.3 Å². The van der Waals surface area contributed by atoms with Gasteiger partial charge in [-0.2, -0.15) is 0 Å². The van der Waals surface area contributed by atoms with E-state index in [4.69, 9.17) is 0 Å². The van der Waals surface area contributed by atoms with Crippen LogP contribution in [0.5, 0.6) is 0 Å². The number of rotatable bonds is 3. The van der Waals surface area contributed by atoms with Crippen molar-refractivity contribution in [2.75, 3.05) is 19.6 Å². The molecule has 1 heterocycles. The van der Waals surface area contributed by atoms with E-state index in [9.17, 15) is 4.79 Å². The summed E-state index contributed by atoms with van der Waals surface area (Å²) in [7, 11) is 0. The van der Waals surface area contributed by atoms with Crippen LogP contribution in [-0.2, 0) is 4.79 Å². The maximum Gasteiger partial charge on any atom is 0.130 e. The number of ketones is 1. The number of hydrogen-bond donors (Lipinski definition) is 0. The van der Waals surface area contributed by atoms with Gasteiger partial charge in [0.1, 0.15) is 5.78 Å². The molecule has 12 heavy (non-hydrogen) atoms. The Kier molecular flexibility index (Phi) is 3.73. The van der Waals surface area contributed by atoms with E-state index in [2.05, 4.69) is 11.8 Å². The standard InChI is InChI=1S/C10H19NO/c1-3-11-6-4-10(5-7-11)8-9(2)12/h10H,3-8H2,1-2H3. The lowest BCUT2D eigenvalue weighted by atomic mass is 9.92. The summed E-state index contributed by atoms with van der Waals surface area (Å²) in [6.45, 7) is 7.44. The first-order valence-electron chi connectivity index (χ1n) is 4.94. The van der Waals surface area contributed by atoms with Crippen molar-refractivity contribution in [1.29, 1.82) is 0 Å². The van der Waals surface area contributed by atoms with Crippen molar-refractivity contribution in [3.05, 3.63) is 0 Å². The topological polar surface area (TPSA) is 20.3 Å². The van der Waals surface area contributed by atoms with Crippen LogP contribution in [0.4, 0.5) is 0 Å². The minimum Gasteiger partial charge on any atom is -0.304 e. The molecule has 0 radical (unpaired) electrons. The van der Waals surface area contributed by atoms with Crippen LogP contribution < -0.4 is 0 Å². The normalized spacial score (nSPS) is 21.2. The number of Topliss-reactive ketones (excluding diaryl/α,β-unsaturated/α-hetero) is 1. The highest BCUT2D eigenvalue weighted by Gasteiger charge is 2.18. The monoisotopic (exact) mass is 169 g/mol. The zero-order valence-electron chi connectivity index (χ0n) is 8.18. The summed E-state index contributed by atoms with van der Waals surface area (Å²) in [5, 5.41) is 0. The molecule has 0 spiro atoms. The molecule has 0 saturated carbocycles. The highest BCUT2D eigenvalue weighted by molar-refractivity contribution is 5.75. The van der Waals surface area contributed by atoms with Gasteiger partial charge in [0.15, 0.2) is 0 Å². The van der Waals surface area contributed by atoms with Crippen LogP contribution in [0.3, 0.4) is 0 Å². The quantitative estimate of drug-likeness (QED) is 0.641. The molecule has 0 atom stereocenters. The Morgan fingerprint density at radius 2 is 2.00 bits per heavy atom. The van der Waals surface area contributed by atoms with Crippen LogP contribution in [0.1, 0.15) is 33.1 Å². The lowest BCUT2D eigenvalue weighted by Crippen LogP contribution is -2.33. The van der Waals surface area contributed by atoms with Crippen LogP contribution in [-0.4, -0.2) is 30.3 Å². The van der Waals surface area contributed by atoms with Gasteiger partial charge in [-0.15, -0.1) is 0 Å². The molecule has 1 saturated heterocycles. The van der Waals surface area contributed by atoms with Crippen molar-refractivity contribution in [3.8, 4) is 0 Å². The lowest BCUT2D eigenvalue weighted by Gasteiger charge is -2.30. The molecule has 1 aliphatic rings. The average molecular weight is 169 g/mol. The number of carbonyl (C=O) groups excluding carboxylic acids is 1. The van der Waals surface area contributed by atoms with Crippen molar-refractivity contribution in [1.82, 2.24) is 4.90 Å². The van der Waals surface area contributed by atoms with Gasteiger partial charge >= 0.3 is 0 Å². The molecule has 70 valence electrons. The summed E-state index contributed by atoms with van der Waals surface area (Å²) < 4.78 is 0. The molecule has 1 rings (SSSR count). The summed E-state index contributed by atoms with van der Waals surface area (Å²) >= 11 is 0. The predicted octanol–water partition coefficient (Wildman–Crippen LogP) is 1.70. The summed E-state index contributed by atoms with van der Waals surface area (Å²) in [6, 6.07) is 0. The molecule has 0 aromatic carbocycles. The zero-order chi connectivity index (χ0) is 8.97. The number of carbonyl (C=O) groups is 1. The van der Waals surface area contributed by atoms with E-state index in [1.807, 2.05) is 0 Å². The third kappa shape index (κ3) is 2.94. The zero-order valence-corrected chi connectivity index (χ0v) is 8.18. The Morgan fingerprint density at radius 3 is 2.42 bits per heavy atom. The second-order valence-corrected chi connectivity index (χ2v) is 3.78. The summed E-state index contributed by atoms with van der Waals surface area (Å²) in [6.07, 6.45) is 3.23. The SMILES string of the molecule is CCN1CCC(CC(C)=O)CC1. The molecule has 2 heteroatoms. The Balaban J connectivity index is 2.21. The third-order valence-corrected chi connectivity index (χ3v) is 2.73. The van der Waals surface area contributed by atoms with E-state index in [1.54, 1.807) is 6.92 Å². The number of piperidine rings is 1. The molecule has 0 amide bonds. The molecule has 2 nitrogen and oxygen atoms in total. The van der Waals surface area contributed by atoms with Gasteiger partial charge in [-0.1, -0.05) is 6.92 Å². The second-order valence-electron chi connectivity index (χ2n) is 3.78. The summed E-state index contributed by atoms with van der Waals surface area (Å²) in [5.41, 5.74) is 0. The maximum absolute atomic E-state index is 10.8. The molecule has 0 N–H and O–H groups in total. The molecule has 0 aromatic rings. The summed E-state index contributed by atoms with van der Waals surface area (Å²) in [4.78, 5) is 13.3. The Labute approximate surface area is 74.9 Å². The van der Waals surface area contributed by atoms with E-state index in [0.29, 0.717) is 11.7 Å². The fourth-order valence-electron chi connectivity index (χ4n) is 1.91. The van der Waals surface area contributed by atoms with Crippen molar-refractivity contribution >= 4 is 5.78 Å². The molecule has 0 bridgehead atoms. The number of nitrogens with zero attached hydrogens (tertiary/aromatic N) is 1. The first-order chi connectivity index (χ1) is 5.72. The van der Waals surface area contributed by atoms with Crippen LogP contribution >= 0.6 is 0 Å². The van der Waals surface area contributed by atoms with E-state index in [1.165, 1.54) is 25.9 Å². The number of hydrogen-bond acceptors (Lipinski definition) is 2. The van der Waals surface area contributed by atoms with Gasteiger partial charge in [-0.25, -0.2) is 0 Å². The molecular formula is C10H19NO. The van der Waals surface area contributed by atoms with E-state index in [0.717, 1.165) is 13.0 Å². The molecule has 1 fully saturated rings. The minimum atomic E-state index is 0.352. The fraction of sp³-hybridized carbons (Fsp3) is 0.900. The Hall–Kier alpha value is -0.370. The van der Waals surface area contributed by atoms with Crippen LogP contribution in [0.2, 0.25) is 0 Å². The van der Waals surface area contributed by atoms with Gasteiger partial charge in [0, 0.05) is 6.42 Å². The molecule has 1 aliphatic heterocycles. The van der Waals surface area contributed by atoms with Crippen LogP contribution in [0.25, 0.3) is 0 Å². The van der Waals surface area contributed by atoms with E-state index < -0.39 is 0 Å². The number of likely N-dealkylation sites (tertiary alicyclic amines) is 1. The Bertz CT molecular complexity index is 148. The highest BCUT2D eigenvalue weighted by Crippen LogP contribution is 2.20. The second kappa shape index (κ2) is 4.61. The van der Waals surface area contributed by atoms with Gasteiger partial charge in [0.2, 0.25) is 0 Å². The Morgan fingerprint density at radius 1 is 1.42 bits per heavy atom. The third-order valence-electron chi connectivity index (χ3n) is 2.73.